The van der Waals surface area contributed by atoms with Crippen molar-refractivity contribution in [1.82, 2.24) is 9.80 Å². The van der Waals surface area contributed by atoms with Gasteiger partial charge in [0.1, 0.15) is 11.5 Å². The number of rotatable bonds is 7. The average molecular weight is 756 g/mol. The number of ether oxygens (including phenoxy) is 1. The summed E-state index contributed by atoms with van der Waals surface area (Å²) in [7, 11) is 1.51. The molecule has 1 saturated carbocycles. The lowest BCUT2D eigenvalue weighted by Crippen LogP contribution is -2.53. The van der Waals surface area contributed by atoms with Gasteiger partial charge in [0.15, 0.2) is 0 Å². The molecular formula is C45H42ClN3O6. The molecule has 6 atom stereocenters. The number of methoxy groups -OCH3 is 1. The van der Waals surface area contributed by atoms with E-state index in [0.29, 0.717) is 46.8 Å². The molecule has 0 bridgehead atoms. The van der Waals surface area contributed by atoms with Crippen LogP contribution in [0.25, 0.3) is 0 Å². The summed E-state index contributed by atoms with van der Waals surface area (Å²) in [5, 5.41) is 11.0. The van der Waals surface area contributed by atoms with Crippen molar-refractivity contribution in [3.8, 4) is 11.5 Å². The number of halogens is 1. The first-order chi connectivity index (χ1) is 26.7. The molecular weight excluding hydrogens is 714 g/mol. The molecule has 3 heterocycles. The number of amides is 4. The highest BCUT2D eigenvalue weighted by atomic mass is 35.5. The fraction of sp³-hybridized carbons (Fsp3) is 0.333. The van der Waals surface area contributed by atoms with Crippen LogP contribution in [-0.2, 0) is 31.1 Å². The Bertz CT molecular complexity index is 2220. The monoisotopic (exact) mass is 755 g/mol. The lowest BCUT2D eigenvalue weighted by molar-refractivity contribution is -0.144. The molecule has 1 N–H and O–H groups in total. The van der Waals surface area contributed by atoms with E-state index in [-0.39, 0.29) is 35.9 Å². The van der Waals surface area contributed by atoms with Crippen molar-refractivity contribution in [3.63, 3.8) is 0 Å². The van der Waals surface area contributed by atoms with Crippen LogP contribution in [0, 0.1) is 23.7 Å². The first-order valence-corrected chi connectivity index (χ1v) is 19.5. The molecule has 0 aromatic heterocycles. The number of anilines is 1. The number of hydrogen-bond acceptors (Lipinski definition) is 7. The number of hydrogen-bond donors (Lipinski definition) is 1. The number of nitrogens with zero attached hydrogens (tertiary/aromatic N) is 3. The van der Waals surface area contributed by atoms with Gasteiger partial charge in [-0.15, -0.1) is 0 Å². The zero-order chi connectivity index (χ0) is 38.0. The van der Waals surface area contributed by atoms with Gasteiger partial charge in [-0.05, 0) is 67.0 Å². The largest absolute Gasteiger partial charge is 0.508 e. The maximum absolute atomic E-state index is 15.5. The lowest BCUT2D eigenvalue weighted by Gasteiger charge is -2.51. The molecule has 4 aromatic carbocycles. The summed E-state index contributed by atoms with van der Waals surface area (Å²) >= 11 is 6.44. The SMILES string of the molecule is COc1cc(O)ccc1C1C2=CCC3C(=O)N(C4CCN(Cc5ccccc5)CC4)C(=O)C3C2CC2C(=O)N(c3cccc(Cl)c3)C(=O)C21c1ccccc1. The van der Waals surface area contributed by atoms with Crippen LogP contribution in [0.3, 0.4) is 0 Å². The van der Waals surface area contributed by atoms with E-state index in [9.17, 15) is 14.7 Å². The average Bonchev–Trinajstić information content (AvgIpc) is 3.59. The first-order valence-electron chi connectivity index (χ1n) is 19.1. The Balaban J connectivity index is 1.14. The first kappa shape index (κ1) is 35.5. The Morgan fingerprint density at radius 1 is 0.818 bits per heavy atom. The fourth-order valence-electron chi connectivity index (χ4n) is 10.6. The maximum atomic E-state index is 15.5. The highest BCUT2D eigenvalue weighted by molar-refractivity contribution is 6.32. The van der Waals surface area contributed by atoms with Crippen molar-refractivity contribution < 1.29 is 29.0 Å². The number of likely N-dealkylation sites (tertiary alicyclic amines) is 2. The van der Waals surface area contributed by atoms with Gasteiger partial charge in [0.05, 0.1) is 36.0 Å². The summed E-state index contributed by atoms with van der Waals surface area (Å²) in [5.74, 6) is -4.08. The molecule has 6 unspecified atom stereocenters. The minimum atomic E-state index is -1.43. The summed E-state index contributed by atoms with van der Waals surface area (Å²) in [6, 6.07) is 31.1. The van der Waals surface area contributed by atoms with Gasteiger partial charge in [-0.1, -0.05) is 96.0 Å². The molecule has 4 fully saturated rings. The molecule has 280 valence electrons. The van der Waals surface area contributed by atoms with E-state index in [0.717, 1.165) is 25.2 Å². The zero-order valence-corrected chi connectivity index (χ0v) is 31.3. The molecule has 55 heavy (non-hydrogen) atoms. The minimum Gasteiger partial charge on any atom is -0.508 e. The zero-order valence-electron chi connectivity index (χ0n) is 30.5. The minimum absolute atomic E-state index is 0.00707. The molecule has 9 nitrogen and oxygen atoms in total. The molecule has 0 spiro atoms. The highest BCUT2D eigenvalue weighted by Gasteiger charge is 2.70. The van der Waals surface area contributed by atoms with E-state index in [1.54, 1.807) is 41.3 Å². The van der Waals surface area contributed by atoms with Crippen LogP contribution in [0.15, 0.2) is 115 Å². The van der Waals surface area contributed by atoms with Crippen molar-refractivity contribution in [3.05, 3.63) is 136 Å². The van der Waals surface area contributed by atoms with E-state index >= 15 is 9.59 Å². The third kappa shape index (κ3) is 5.53. The smallest absolute Gasteiger partial charge is 0.246 e. The van der Waals surface area contributed by atoms with Gasteiger partial charge >= 0.3 is 0 Å². The fourth-order valence-corrected chi connectivity index (χ4v) is 10.8. The molecule has 10 heteroatoms. The van der Waals surface area contributed by atoms with Gasteiger partial charge < -0.3 is 9.84 Å². The van der Waals surface area contributed by atoms with Gasteiger partial charge in [0.25, 0.3) is 0 Å². The number of carbonyl (C=O) groups excluding carboxylic acids is 4. The highest BCUT2D eigenvalue weighted by Crippen LogP contribution is 2.65. The van der Waals surface area contributed by atoms with E-state index in [1.165, 1.54) is 23.6 Å². The summed E-state index contributed by atoms with van der Waals surface area (Å²) in [6.07, 6.45) is 4.01. The second-order valence-electron chi connectivity index (χ2n) is 15.6. The van der Waals surface area contributed by atoms with Crippen LogP contribution in [0.1, 0.15) is 48.3 Å². The normalized spacial score (nSPS) is 28.2. The maximum Gasteiger partial charge on any atom is 0.246 e. The van der Waals surface area contributed by atoms with E-state index in [1.807, 2.05) is 48.5 Å². The number of allylic oxidation sites excluding steroid dienone is 2. The second kappa shape index (κ2) is 13.8. The van der Waals surface area contributed by atoms with Gasteiger partial charge in [-0.25, -0.2) is 4.90 Å². The number of phenols is 1. The second-order valence-corrected chi connectivity index (χ2v) is 16.0. The Kier molecular flexibility index (Phi) is 8.89. The van der Waals surface area contributed by atoms with Gasteiger partial charge in [0, 0.05) is 48.2 Å². The van der Waals surface area contributed by atoms with Crippen LogP contribution in [0.2, 0.25) is 5.02 Å². The molecule has 3 saturated heterocycles. The number of phenolic OH excluding ortho intramolecular Hbond substituents is 1. The standard InChI is InChI=1S/C45H42ClN3O6/c1-55-38-24-32(50)15-16-34(38)40-33-17-18-35-39(43(53)48(41(35)51)30-19-21-47(22-20-30)26-27-9-4-2-5-10-27)36(33)25-37-42(52)49(31-14-8-13-29(46)23-31)44(54)45(37,40)28-11-6-3-7-12-28/h2-17,23-24,30,35-37,39-40,50H,18-22,25-26H2,1H3. The van der Waals surface area contributed by atoms with E-state index in [4.69, 9.17) is 16.3 Å². The van der Waals surface area contributed by atoms with Crippen LogP contribution < -0.4 is 9.64 Å². The molecule has 5 aliphatic rings. The molecule has 0 radical (unpaired) electrons. The van der Waals surface area contributed by atoms with Gasteiger partial charge in [0.2, 0.25) is 23.6 Å². The van der Waals surface area contributed by atoms with Crippen LogP contribution in [0.4, 0.5) is 5.69 Å². The molecule has 2 aliphatic carbocycles. The number of aromatic hydroxyl groups is 1. The summed E-state index contributed by atoms with van der Waals surface area (Å²) in [4.78, 5) is 64.9. The lowest BCUT2D eigenvalue weighted by atomic mass is 9.49. The summed E-state index contributed by atoms with van der Waals surface area (Å²) < 4.78 is 5.90. The molecule has 4 amide bonds. The molecule has 9 rings (SSSR count). The molecule has 4 aromatic rings. The van der Waals surface area contributed by atoms with Crippen molar-refractivity contribution in [1.29, 1.82) is 0 Å². The van der Waals surface area contributed by atoms with Crippen LogP contribution >= 0.6 is 11.6 Å². The van der Waals surface area contributed by atoms with Crippen molar-refractivity contribution >= 4 is 40.9 Å². The van der Waals surface area contributed by atoms with Crippen LogP contribution in [0.5, 0.6) is 11.5 Å². The van der Waals surface area contributed by atoms with Crippen molar-refractivity contribution in [2.45, 2.75) is 49.6 Å². The predicted octanol–water partition coefficient (Wildman–Crippen LogP) is 6.88. The Morgan fingerprint density at radius 3 is 2.25 bits per heavy atom. The number of piperidine rings is 1. The summed E-state index contributed by atoms with van der Waals surface area (Å²) in [6.45, 7) is 2.38. The predicted molar refractivity (Wildman–Crippen MR) is 207 cm³/mol. The third-order valence-electron chi connectivity index (χ3n) is 12.9. The quantitative estimate of drug-likeness (QED) is 0.162. The van der Waals surface area contributed by atoms with Gasteiger partial charge in [-0.3, -0.25) is 29.0 Å². The van der Waals surface area contributed by atoms with Crippen molar-refractivity contribution in [2.75, 3.05) is 25.1 Å². The van der Waals surface area contributed by atoms with E-state index in [2.05, 4.69) is 23.1 Å². The topological polar surface area (TPSA) is 107 Å². The Morgan fingerprint density at radius 2 is 1.55 bits per heavy atom. The van der Waals surface area contributed by atoms with E-state index < -0.39 is 40.9 Å². The number of fused-ring (bicyclic) bond motifs is 4. The number of carbonyl (C=O) groups is 4. The summed E-state index contributed by atoms with van der Waals surface area (Å²) in [5.41, 5.74) is 2.31. The Hall–Kier alpha value is -5.25. The van der Waals surface area contributed by atoms with Gasteiger partial charge in [-0.2, -0.15) is 0 Å². The molecule has 3 aliphatic heterocycles. The number of benzene rings is 4. The third-order valence-corrected chi connectivity index (χ3v) is 13.1. The van der Waals surface area contributed by atoms with Crippen LogP contribution in [-0.4, -0.2) is 64.8 Å². The number of imide groups is 2. The van der Waals surface area contributed by atoms with Crippen molar-refractivity contribution in [2.24, 2.45) is 23.7 Å². The Labute approximate surface area is 325 Å².